The van der Waals surface area contributed by atoms with Gasteiger partial charge in [0.1, 0.15) is 23.8 Å². The standard InChI is InChI=1S/C35H38ClF2NO8/c1-34(2,3)47-27(40)19-39-20-35(21-9-5-4-6-10-21)18-23-26(46-35)17-24(37)31(36)29(23)30-22(33(41)42)12-13-25(32(30)38)43-15-16-45-28-11-7-8-14-44-28/h4-6,9-10,12-13,17,28,39H,7-8,11,14-16,18-20H2,1-3H3,(H,41,42). The van der Waals surface area contributed by atoms with Crippen molar-refractivity contribution in [3.05, 3.63) is 81.9 Å². The zero-order chi connectivity index (χ0) is 33.8. The van der Waals surface area contributed by atoms with Crippen LogP contribution in [0.2, 0.25) is 5.02 Å². The van der Waals surface area contributed by atoms with Gasteiger partial charge >= 0.3 is 11.9 Å². The Morgan fingerprint density at radius 1 is 1.09 bits per heavy atom. The molecule has 0 saturated carbocycles. The van der Waals surface area contributed by atoms with Crippen molar-refractivity contribution in [1.82, 2.24) is 5.32 Å². The molecule has 9 nitrogen and oxygen atoms in total. The molecule has 5 rings (SSSR count). The first kappa shape index (κ1) is 34.6. The molecule has 1 saturated heterocycles. The van der Waals surface area contributed by atoms with Crippen molar-refractivity contribution in [2.75, 3.05) is 32.9 Å². The number of esters is 1. The summed E-state index contributed by atoms with van der Waals surface area (Å²) in [5.74, 6) is -4.05. The molecule has 2 atom stereocenters. The van der Waals surface area contributed by atoms with E-state index in [1.165, 1.54) is 12.1 Å². The highest BCUT2D eigenvalue weighted by Crippen LogP contribution is 2.50. The molecule has 3 aromatic rings. The molecular weight excluding hydrogens is 636 g/mol. The van der Waals surface area contributed by atoms with Gasteiger partial charge in [0.25, 0.3) is 0 Å². The molecule has 2 N–H and O–H groups in total. The van der Waals surface area contributed by atoms with Gasteiger partial charge in [-0.2, -0.15) is 0 Å². The smallest absolute Gasteiger partial charge is 0.336 e. The molecule has 0 aromatic heterocycles. The SMILES string of the molecule is CC(C)(C)OC(=O)CNCC1(c2ccccc2)Cc2c(cc(F)c(Cl)c2-c2c(C(=O)O)ccc(OCCOC3CCCCO3)c2F)O1. The number of carboxylic acids is 1. The average molecular weight is 674 g/mol. The van der Waals surface area contributed by atoms with Crippen molar-refractivity contribution in [2.24, 2.45) is 0 Å². The summed E-state index contributed by atoms with van der Waals surface area (Å²) in [5, 5.41) is 12.7. The van der Waals surface area contributed by atoms with Gasteiger partial charge in [-0.25, -0.2) is 13.6 Å². The van der Waals surface area contributed by atoms with Crippen molar-refractivity contribution in [2.45, 2.75) is 63.9 Å². The van der Waals surface area contributed by atoms with Gasteiger partial charge in [-0.1, -0.05) is 41.9 Å². The van der Waals surface area contributed by atoms with Crippen molar-refractivity contribution >= 4 is 23.5 Å². The molecule has 2 unspecified atom stereocenters. The van der Waals surface area contributed by atoms with Gasteiger partial charge in [0.15, 0.2) is 23.5 Å². The van der Waals surface area contributed by atoms with E-state index in [-0.39, 0.29) is 56.1 Å². The third-order valence-corrected chi connectivity index (χ3v) is 8.19. The number of benzene rings is 3. The minimum absolute atomic E-state index is 0.0405. The maximum atomic E-state index is 16.3. The lowest BCUT2D eigenvalue weighted by molar-refractivity contribution is -0.165. The van der Waals surface area contributed by atoms with Crippen LogP contribution in [-0.4, -0.2) is 61.8 Å². The van der Waals surface area contributed by atoms with Gasteiger partial charge in [-0.15, -0.1) is 0 Å². The number of hydrogen-bond donors (Lipinski definition) is 2. The number of carbonyl (C=O) groups is 2. The Morgan fingerprint density at radius 3 is 2.53 bits per heavy atom. The summed E-state index contributed by atoms with van der Waals surface area (Å²) < 4.78 is 60.5. The molecule has 2 aliphatic heterocycles. The first-order valence-corrected chi connectivity index (χ1v) is 15.9. The molecule has 0 aliphatic carbocycles. The van der Waals surface area contributed by atoms with E-state index in [1.807, 2.05) is 18.2 Å². The van der Waals surface area contributed by atoms with Gasteiger partial charge in [-0.05, 0) is 57.7 Å². The lowest BCUT2D eigenvalue weighted by atomic mass is 9.85. The molecule has 1 fully saturated rings. The minimum Gasteiger partial charge on any atom is -0.488 e. The summed E-state index contributed by atoms with van der Waals surface area (Å²) in [6.45, 7) is 5.90. The lowest BCUT2D eigenvalue weighted by Crippen LogP contribution is -2.44. The Hall–Kier alpha value is -3.77. The molecule has 3 aromatic carbocycles. The van der Waals surface area contributed by atoms with Crippen molar-refractivity contribution in [3.63, 3.8) is 0 Å². The second-order valence-corrected chi connectivity index (χ2v) is 12.9. The van der Waals surface area contributed by atoms with E-state index >= 15 is 8.78 Å². The molecule has 0 amide bonds. The highest BCUT2D eigenvalue weighted by atomic mass is 35.5. The van der Waals surface area contributed by atoms with Crippen LogP contribution in [0.1, 0.15) is 61.5 Å². The zero-order valence-corrected chi connectivity index (χ0v) is 27.3. The summed E-state index contributed by atoms with van der Waals surface area (Å²) in [4.78, 5) is 24.8. The average Bonchev–Trinajstić information content (AvgIpc) is 3.39. The zero-order valence-electron chi connectivity index (χ0n) is 26.5. The molecule has 47 heavy (non-hydrogen) atoms. The fourth-order valence-corrected chi connectivity index (χ4v) is 6.08. The fourth-order valence-electron chi connectivity index (χ4n) is 5.81. The number of nitrogens with one attached hydrogen (secondary N) is 1. The Kier molecular flexibility index (Phi) is 10.7. The number of rotatable bonds is 12. The first-order chi connectivity index (χ1) is 22.4. The molecule has 0 spiro atoms. The van der Waals surface area contributed by atoms with E-state index in [4.69, 9.17) is 35.3 Å². The van der Waals surface area contributed by atoms with Crippen LogP contribution in [-0.2, 0) is 31.0 Å². The van der Waals surface area contributed by atoms with Gasteiger partial charge in [-0.3, -0.25) is 4.79 Å². The number of carboxylic acid groups (broad SMARTS) is 1. The molecule has 12 heteroatoms. The van der Waals surface area contributed by atoms with Crippen molar-refractivity contribution in [1.29, 1.82) is 0 Å². The summed E-state index contributed by atoms with van der Waals surface area (Å²) >= 11 is 6.53. The Labute approximate surface area is 277 Å². The van der Waals surface area contributed by atoms with Gasteiger partial charge in [0.05, 0.1) is 23.7 Å². The molecular formula is C35H38ClF2NO8. The monoisotopic (exact) mass is 673 g/mol. The third kappa shape index (κ3) is 8.03. The Balaban J connectivity index is 1.48. The van der Waals surface area contributed by atoms with E-state index in [2.05, 4.69) is 5.32 Å². The first-order valence-electron chi connectivity index (χ1n) is 15.5. The summed E-state index contributed by atoms with van der Waals surface area (Å²) in [6.07, 6.45) is 2.37. The van der Waals surface area contributed by atoms with Crippen LogP contribution in [0.15, 0.2) is 48.5 Å². The Bertz CT molecular complexity index is 1610. The van der Waals surface area contributed by atoms with Crippen molar-refractivity contribution < 1.29 is 47.2 Å². The van der Waals surface area contributed by atoms with Crippen LogP contribution < -0.4 is 14.8 Å². The molecule has 2 heterocycles. The normalized spacial score (nSPS) is 19.1. The van der Waals surface area contributed by atoms with Crippen LogP contribution in [0, 0.1) is 11.6 Å². The number of ether oxygens (including phenoxy) is 5. The molecule has 0 radical (unpaired) electrons. The Morgan fingerprint density at radius 2 is 1.85 bits per heavy atom. The summed E-state index contributed by atoms with van der Waals surface area (Å²) in [7, 11) is 0. The van der Waals surface area contributed by atoms with E-state index < -0.39 is 50.9 Å². The van der Waals surface area contributed by atoms with E-state index in [0.29, 0.717) is 17.7 Å². The van der Waals surface area contributed by atoms with Gasteiger partial charge in [0, 0.05) is 42.3 Å². The fraction of sp³-hybridized carbons (Fsp3) is 0.429. The largest absolute Gasteiger partial charge is 0.488 e. The van der Waals surface area contributed by atoms with Crippen LogP contribution >= 0.6 is 11.6 Å². The van der Waals surface area contributed by atoms with Crippen molar-refractivity contribution in [3.8, 4) is 22.6 Å². The topological polar surface area (TPSA) is 113 Å². The van der Waals surface area contributed by atoms with Crippen LogP contribution in [0.5, 0.6) is 11.5 Å². The molecule has 2 aliphatic rings. The minimum atomic E-state index is -1.44. The number of fused-ring (bicyclic) bond motifs is 1. The number of hydrogen-bond acceptors (Lipinski definition) is 8. The van der Waals surface area contributed by atoms with E-state index in [0.717, 1.165) is 25.3 Å². The van der Waals surface area contributed by atoms with Gasteiger partial charge in [0.2, 0.25) is 0 Å². The number of halogens is 3. The predicted molar refractivity (Wildman–Crippen MR) is 170 cm³/mol. The second-order valence-electron chi connectivity index (χ2n) is 12.5. The summed E-state index contributed by atoms with van der Waals surface area (Å²) in [6, 6.07) is 12.6. The molecule has 252 valence electrons. The third-order valence-electron chi connectivity index (χ3n) is 7.82. The van der Waals surface area contributed by atoms with Crippen LogP contribution in [0.4, 0.5) is 8.78 Å². The lowest BCUT2D eigenvalue weighted by Gasteiger charge is -2.30. The van der Waals surface area contributed by atoms with Crippen LogP contribution in [0.25, 0.3) is 11.1 Å². The van der Waals surface area contributed by atoms with Gasteiger partial charge < -0.3 is 34.1 Å². The maximum Gasteiger partial charge on any atom is 0.336 e. The number of carbonyl (C=O) groups excluding carboxylic acids is 1. The van der Waals surface area contributed by atoms with E-state index in [1.54, 1.807) is 32.9 Å². The quantitative estimate of drug-likeness (QED) is 0.161. The summed E-state index contributed by atoms with van der Waals surface area (Å²) in [5.41, 5.74) is -1.90. The highest BCUT2D eigenvalue weighted by Gasteiger charge is 2.44. The maximum absolute atomic E-state index is 16.3. The highest BCUT2D eigenvalue weighted by molar-refractivity contribution is 6.34. The van der Waals surface area contributed by atoms with E-state index in [9.17, 15) is 14.7 Å². The molecule has 0 bridgehead atoms. The van der Waals surface area contributed by atoms with Crippen LogP contribution in [0.3, 0.4) is 0 Å². The number of aromatic carboxylic acids is 1. The second kappa shape index (κ2) is 14.6. The predicted octanol–water partition coefficient (Wildman–Crippen LogP) is 6.67.